The minimum absolute atomic E-state index is 0.0626. The van der Waals surface area contributed by atoms with Crippen LogP contribution in [0.1, 0.15) is 22.5 Å². The van der Waals surface area contributed by atoms with Crippen molar-refractivity contribution in [1.29, 1.82) is 0 Å². The molecule has 3 heterocycles. The number of hydrogen-bond acceptors (Lipinski definition) is 4. The van der Waals surface area contributed by atoms with Gasteiger partial charge in [0.1, 0.15) is 0 Å². The predicted octanol–water partition coefficient (Wildman–Crippen LogP) is 2.87. The number of amides is 1. The minimum Gasteiger partial charge on any atom is -0.444 e. The maximum Gasteiger partial charge on any atom is 0.289 e. The van der Waals surface area contributed by atoms with E-state index in [2.05, 4.69) is 20.9 Å². The van der Waals surface area contributed by atoms with Crippen molar-refractivity contribution in [2.45, 2.75) is 19.1 Å². The van der Waals surface area contributed by atoms with Crippen LogP contribution in [-0.2, 0) is 11.3 Å². The van der Waals surface area contributed by atoms with Gasteiger partial charge in [0.15, 0.2) is 10.4 Å². The van der Waals surface area contributed by atoms with E-state index >= 15 is 0 Å². The maximum absolute atomic E-state index is 12.2. The molecule has 1 atom stereocenters. The third-order valence-corrected chi connectivity index (χ3v) is 3.85. The number of hydrogen-bond donors (Lipinski definition) is 0. The molecule has 3 rings (SSSR count). The molecule has 6 heteroatoms. The van der Waals surface area contributed by atoms with Gasteiger partial charge in [0.25, 0.3) is 5.91 Å². The van der Waals surface area contributed by atoms with Gasteiger partial charge in [0.05, 0.1) is 12.7 Å². The van der Waals surface area contributed by atoms with E-state index in [0.717, 1.165) is 12.0 Å². The van der Waals surface area contributed by atoms with Gasteiger partial charge in [0.2, 0.25) is 0 Å². The van der Waals surface area contributed by atoms with Crippen molar-refractivity contribution >= 4 is 21.8 Å². The Kier molecular flexibility index (Phi) is 4.36. The lowest BCUT2D eigenvalue weighted by atomic mass is 10.3. The number of furan rings is 1. The van der Waals surface area contributed by atoms with E-state index < -0.39 is 0 Å². The number of carbonyl (C=O) groups excluding carboxylic acids is 1. The Morgan fingerprint density at radius 1 is 1.48 bits per heavy atom. The van der Waals surface area contributed by atoms with E-state index in [4.69, 9.17) is 9.15 Å². The summed E-state index contributed by atoms with van der Waals surface area (Å²) in [5.41, 5.74) is 1.04. The summed E-state index contributed by atoms with van der Waals surface area (Å²) in [5.74, 6) is 0.267. The van der Waals surface area contributed by atoms with Crippen LogP contribution >= 0.6 is 15.9 Å². The minimum atomic E-state index is -0.0897. The van der Waals surface area contributed by atoms with Crippen LogP contribution in [-0.4, -0.2) is 35.0 Å². The van der Waals surface area contributed by atoms with Crippen LogP contribution in [0.3, 0.4) is 0 Å². The van der Waals surface area contributed by atoms with Crippen molar-refractivity contribution in [1.82, 2.24) is 9.88 Å². The molecule has 1 aliphatic heterocycles. The summed E-state index contributed by atoms with van der Waals surface area (Å²) in [7, 11) is 0. The fourth-order valence-electron chi connectivity index (χ4n) is 2.33. The zero-order valence-electron chi connectivity index (χ0n) is 11.4. The van der Waals surface area contributed by atoms with Crippen LogP contribution in [0.5, 0.6) is 0 Å². The van der Waals surface area contributed by atoms with Crippen molar-refractivity contribution in [3.05, 3.63) is 52.7 Å². The number of rotatable bonds is 4. The van der Waals surface area contributed by atoms with Crippen LogP contribution < -0.4 is 0 Å². The zero-order chi connectivity index (χ0) is 14.7. The van der Waals surface area contributed by atoms with Gasteiger partial charge >= 0.3 is 0 Å². The van der Waals surface area contributed by atoms with Crippen LogP contribution in [0, 0.1) is 0 Å². The third kappa shape index (κ3) is 3.51. The van der Waals surface area contributed by atoms with E-state index in [1.807, 2.05) is 12.1 Å². The van der Waals surface area contributed by atoms with Gasteiger partial charge in [-0.25, -0.2) is 0 Å². The Balaban J connectivity index is 1.52. The molecule has 5 nitrogen and oxygen atoms in total. The summed E-state index contributed by atoms with van der Waals surface area (Å²) in [4.78, 5) is 18.0. The Morgan fingerprint density at radius 3 is 3.10 bits per heavy atom. The van der Waals surface area contributed by atoms with Crippen molar-refractivity contribution in [2.24, 2.45) is 0 Å². The standard InChI is InChI=1S/C15H15BrN2O3/c16-14-4-3-13(21-14)15(19)18-7-5-12(9-18)20-10-11-2-1-6-17-8-11/h1-4,6,8,12H,5,7,9-10H2/t12-/m1/s1. The summed E-state index contributed by atoms with van der Waals surface area (Å²) in [6.45, 7) is 1.80. The molecule has 0 bridgehead atoms. The lowest BCUT2D eigenvalue weighted by molar-refractivity contribution is 0.0429. The molecule has 2 aromatic rings. The number of halogens is 1. The highest BCUT2D eigenvalue weighted by molar-refractivity contribution is 9.10. The van der Waals surface area contributed by atoms with Crippen molar-refractivity contribution < 1.29 is 13.9 Å². The molecule has 0 N–H and O–H groups in total. The van der Waals surface area contributed by atoms with E-state index in [-0.39, 0.29) is 12.0 Å². The average molecular weight is 351 g/mol. The van der Waals surface area contributed by atoms with Crippen molar-refractivity contribution in [3.8, 4) is 0 Å². The molecule has 0 radical (unpaired) electrons. The van der Waals surface area contributed by atoms with Gasteiger partial charge in [-0.05, 0) is 46.1 Å². The van der Waals surface area contributed by atoms with E-state index in [1.54, 1.807) is 29.4 Å². The van der Waals surface area contributed by atoms with E-state index in [1.165, 1.54) is 0 Å². The van der Waals surface area contributed by atoms with Gasteiger partial charge < -0.3 is 14.1 Å². The molecule has 0 aliphatic carbocycles. The summed E-state index contributed by atoms with van der Waals surface area (Å²) in [6.07, 6.45) is 4.43. The highest BCUT2D eigenvalue weighted by Crippen LogP contribution is 2.20. The van der Waals surface area contributed by atoms with E-state index in [0.29, 0.717) is 30.1 Å². The lowest BCUT2D eigenvalue weighted by Gasteiger charge is -2.15. The number of likely N-dealkylation sites (tertiary alicyclic amines) is 1. The van der Waals surface area contributed by atoms with Crippen LogP contribution in [0.15, 0.2) is 45.7 Å². The molecule has 0 aromatic carbocycles. The third-order valence-electron chi connectivity index (χ3n) is 3.42. The molecule has 110 valence electrons. The summed E-state index contributed by atoms with van der Waals surface area (Å²) < 4.78 is 11.7. The van der Waals surface area contributed by atoms with Crippen molar-refractivity contribution in [3.63, 3.8) is 0 Å². The first-order chi connectivity index (χ1) is 10.2. The molecule has 1 amide bonds. The molecular weight excluding hydrogens is 336 g/mol. The molecule has 1 saturated heterocycles. The first-order valence-corrected chi connectivity index (χ1v) is 7.57. The number of carbonyl (C=O) groups is 1. The summed E-state index contributed by atoms with van der Waals surface area (Å²) in [6, 6.07) is 7.26. The molecule has 0 unspecified atom stereocenters. The highest BCUT2D eigenvalue weighted by atomic mass is 79.9. The van der Waals surface area contributed by atoms with Gasteiger partial charge in [-0.3, -0.25) is 9.78 Å². The van der Waals surface area contributed by atoms with Crippen molar-refractivity contribution in [2.75, 3.05) is 13.1 Å². The van der Waals surface area contributed by atoms with Crippen LogP contribution in [0.2, 0.25) is 0 Å². The lowest BCUT2D eigenvalue weighted by Crippen LogP contribution is -2.29. The average Bonchev–Trinajstić information content (AvgIpc) is 3.14. The summed E-state index contributed by atoms with van der Waals surface area (Å²) >= 11 is 3.20. The summed E-state index contributed by atoms with van der Waals surface area (Å²) in [5, 5.41) is 0. The fraction of sp³-hybridized carbons (Fsp3) is 0.333. The van der Waals surface area contributed by atoms with Gasteiger partial charge in [-0.2, -0.15) is 0 Å². The molecule has 2 aromatic heterocycles. The zero-order valence-corrected chi connectivity index (χ0v) is 13.0. The van der Waals surface area contributed by atoms with E-state index in [9.17, 15) is 4.79 Å². The Bertz CT molecular complexity index is 614. The SMILES string of the molecule is O=C(c1ccc(Br)o1)N1CC[C@@H](OCc2cccnc2)C1. The molecule has 21 heavy (non-hydrogen) atoms. The topological polar surface area (TPSA) is 55.6 Å². The second-order valence-electron chi connectivity index (χ2n) is 4.94. The van der Waals surface area contributed by atoms with Crippen LogP contribution in [0.4, 0.5) is 0 Å². The largest absolute Gasteiger partial charge is 0.444 e. The van der Waals surface area contributed by atoms with Crippen LogP contribution in [0.25, 0.3) is 0 Å². The Hall–Kier alpha value is -1.66. The number of nitrogens with zero attached hydrogens (tertiary/aromatic N) is 2. The Morgan fingerprint density at radius 2 is 2.38 bits per heavy atom. The number of ether oxygens (including phenoxy) is 1. The normalized spacial score (nSPS) is 18.1. The van der Waals surface area contributed by atoms with Gasteiger partial charge in [-0.15, -0.1) is 0 Å². The number of aromatic nitrogens is 1. The smallest absolute Gasteiger partial charge is 0.289 e. The molecule has 0 saturated carbocycles. The molecule has 1 fully saturated rings. The monoisotopic (exact) mass is 350 g/mol. The maximum atomic E-state index is 12.2. The molecule has 1 aliphatic rings. The van der Waals surface area contributed by atoms with Gasteiger partial charge in [-0.1, -0.05) is 6.07 Å². The highest BCUT2D eigenvalue weighted by Gasteiger charge is 2.29. The second kappa shape index (κ2) is 6.41. The molecular formula is C15H15BrN2O3. The molecule has 0 spiro atoms. The predicted molar refractivity (Wildman–Crippen MR) is 79.7 cm³/mol. The second-order valence-corrected chi connectivity index (χ2v) is 5.72. The fourth-order valence-corrected chi connectivity index (χ4v) is 2.64. The first-order valence-electron chi connectivity index (χ1n) is 6.77. The first kappa shape index (κ1) is 14.3. The van der Waals surface area contributed by atoms with Gasteiger partial charge in [0, 0.05) is 25.5 Å². The number of pyridine rings is 1. The Labute approximate surface area is 131 Å². The quantitative estimate of drug-likeness (QED) is 0.850.